The number of carbonyl (C=O) groups is 1. The molecule has 0 fully saturated rings. The number of carbonyl (C=O) groups excluding carboxylic acids is 1. The smallest absolute Gasteiger partial charge is 0.273 e. The maximum absolute atomic E-state index is 12.1. The Kier molecular flexibility index (Phi) is 4.68. The molecule has 0 spiro atoms. The van der Waals surface area contributed by atoms with Gasteiger partial charge in [-0.3, -0.25) is 4.79 Å². The van der Waals surface area contributed by atoms with E-state index in [1.807, 2.05) is 16.8 Å². The van der Waals surface area contributed by atoms with Gasteiger partial charge in [-0.2, -0.15) is 11.3 Å². The number of thiazole rings is 1. The first-order valence-corrected chi connectivity index (χ1v) is 7.82. The fourth-order valence-corrected chi connectivity index (χ4v) is 3.07. The summed E-state index contributed by atoms with van der Waals surface area (Å²) in [7, 11) is 1.73. The SMILES string of the molecule is CC(O)CCN(C)C(=O)c1csc(-c2ccsc2)n1. The van der Waals surface area contributed by atoms with Crippen molar-refractivity contribution in [3.63, 3.8) is 0 Å². The van der Waals surface area contributed by atoms with Gasteiger partial charge in [-0.15, -0.1) is 11.3 Å². The molecule has 2 heterocycles. The summed E-state index contributed by atoms with van der Waals surface area (Å²) >= 11 is 3.09. The standard InChI is InChI=1S/C13H16N2O2S2/c1-9(16)3-5-15(2)13(17)11-8-19-12(14-11)10-4-6-18-7-10/h4,6-9,16H,3,5H2,1-2H3. The van der Waals surface area contributed by atoms with Gasteiger partial charge in [-0.1, -0.05) is 0 Å². The van der Waals surface area contributed by atoms with Gasteiger partial charge in [-0.05, 0) is 24.8 Å². The molecule has 0 aliphatic carbocycles. The van der Waals surface area contributed by atoms with Crippen LogP contribution in [0.3, 0.4) is 0 Å². The average molecular weight is 296 g/mol. The van der Waals surface area contributed by atoms with Crippen LogP contribution in [0, 0.1) is 0 Å². The van der Waals surface area contributed by atoms with E-state index < -0.39 is 6.10 Å². The van der Waals surface area contributed by atoms with Crippen LogP contribution in [0.15, 0.2) is 22.2 Å². The van der Waals surface area contributed by atoms with Gasteiger partial charge in [0.2, 0.25) is 0 Å². The summed E-state index contributed by atoms with van der Waals surface area (Å²) in [5.74, 6) is -0.0987. The van der Waals surface area contributed by atoms with Crippen molar-refractivity contribution in [1.29, 1.82) is 0 Å². The van der Waals surface area contributed by atoms with Crippen molar-refractivity contribution in [2.75, 3.05) is 13.6 Å². The molecule has 4 nitrogen and oxygen atoms in total. The zero-order chi connectivity index (χ0) is 13.8. The Labute approximate surface area is 120 Å². The van der Waals surface area contributed by atoms with E-state index in [2.05, 4.69) is 4.98 Å². The number of rotatable bonds is 5. The van der Waals surface area contributed by atoms with Crippen molar-refractivity contribution in [2.45, 2.75) is 19.4 Å². The third-order valence-corrected chi connectivity index (χ3v) is 4.30. The molecule has 19 heavy (non-hydrogen) atoms. The molecule has 0 aliphatic heterocycles. The molecule has 0 aromatic carbocycles. The third kappa shape index (κ3) is 3.62. The number of hydrogen-bond acceptors (Lipinski definition) is 5. The fourth-order valence-electron chi connectivity index (χ4n) is 1.57. The Bertz CT molecular complexity index is 535. The lowest BCUT2D eigenvalue weighted by Gasteiger charge is -2.16. The number of amides is 1. The molecule has 0 aliphatic rings. The molecule has 1 unspecified atom stereocenters. The molecule has 6 heteroatoms. The van der Waals surface area contributed by atoms with Gasteiger partial charge >= 0.3 is 0 Å². The monoisotopic (exact) mass is 296 g/mol. The van der Waals surface area contributed by atoms with E-state index in [-0.39, 0.29) is 5.91 Å². The molecule has 2 rings (SSSR count). The minimum absolute atomic E-state index is 0.0987. The van der Waals surface area contributed by atoms with Crippen molar-refractivity contribution in [3.05, 3.63) is 27.9 Å². The van der Waals surface area contributed by atoms with Crippen molar-refractivity contribution in [1.82, 2.24) is 9.88 Å². The lowest BCUT2D eigenvalue weighted by molar-refractivity contribution is 0.0764. The van der Waals surface area contributed by atoms with E-state index in [0.717, 1.165) is 10.6 Å². The average Bonchev–Trinajstić information content (AvgIpc) is 3.04. The normalized spacial score (nSPS) is 12.4. The van der Waals surface area contributed by atoms with Crippen LogP contribution in [0.5, 0.6) is 0 Å². The predicted octanol–water partition coefficient (Wildman–Crippen LogP) is 2.71. The summed E-state index contributed by atoms with van der Waals surface area (Å²) < 4.78 is 0. The topological polar surface area (TPSA) is 53.4 Å². The maximum Gasteiger partial charge on any atom is 0.273 e. The number of nitrogens with zero attached hydrogens (tertiary/aromatic N) is 2. The molecular weight excluding hydrogens is 280 g/mol. The summed E-state index contributed by atoms with van der Waals surface area (Å²) in [6.07, 6.45) is 0.177. The molecule has 0 saturated heterocycles. The van der Waals surface area contributed by atoms with Crippen molar-refractivity contribution < 1.29 is 9.90 Å². The number of hydrogen-bond donors (Lipinski definition) is 1. The Morgan fingerprint density at radius 2 is 2.32 bits per heavy atom. The maximum atomic E-state index is 12.1. The molecule has 0 radical (unpaired) electrons. The molecule has 0 saturated carbocycles. The Morgan fingerprint density at radius 1 is 1.53 bits per heavy atom. The number of aliphatic hydroxyl groups is 1. The van der Waals surface area contributed by atoms with Crippen LogP contribution in [-0.4, -0.2) is 40.6 Å². The largest absolute Gasteiger partial charge is 0.393 e. The van der Waals surface area contributed by atoms with Gasteiger partial charge < -0.3 is 10.0 Å². The quantitative estimate of drug-likeness (QED) is 0.923. The van der Waals surface area contributed by atoms with Crippen LogP contribution in [0.2, 0.25) is 0 Å². The van der Waals surface area contributed by atoms with Crippen LogP contribution in [-0.2, 0) is 0 Å². The van der Waals surface area contributed by atoms with Crippen LogP contribution < -0.4 is 0 Å². The summed E-state index contributed by atoms with van der Waals surface area (Å²) in [6.45, 7) is 2.25. The first kappa shape index (κ1) is 14.2. The first-order chi connectivity index (χ1) is 9.08. The highest BCUT2D eigenvalue weighted by Crippen LogP contribution is 2.26. The predicted molar refractivity (Wildman–Crippen MR) is 78.7 cm³/mol. The lowest BCUT2D eigenvalue weighted by atomic mass is 10.2. The highest BCUT2D eigenvalue weighted by Gasteiger charge is 2.16. The van der Waals surface area contributed by atoms with Crippen molar-refractivity contribution in [3.8, 4) is 10.6 Å². The van der Waals surface area contributed by atoms with Gasteiger partial charge in [0.25, 0.3) is 5.91 Å². The first-order valence-electron chi connectivity index (χ1n) is 5.99. The van der Waals surface area contributed by atoms with Gasteiger partial charge in [0.15, 0.2) is 0 Å². The van der Waals surface area contributed by atoms with E-state index in [1.165, 1.54) is 11.3 Å². The molecular formula is C13H16N2O2S2. The second kappa shape index (κ2) is 6.27. The van der Waals surface area contributed by atoms with Crippen molar-refractivity contribution in [2.24, 2.45) is 0 Å². The van der Waals surface area contributed by atoms with Crippen LogP contribution in [0.4, 0.5) is 0 Å². The third-order valence-electron chi connectivity index (χ3n) is 2.72. The van der Waals surface area contributed by atoms with E-state index in [1.54, 1.807) is 35.6 Å². The Morgan fingerprint density at radius 3 is 2.95 bits per heavy atom. The zero-order valence-corrected chi connectivity index (χ0v) is 12.5. The fraction of sp³-hybridized carbons (Fsp3) is 0.385. The highest BCUT2D eigenvalue weighted by atomic mass is 32.1. The van der Waals surface area contributed by atoms with Crippen LogP contribution >= 0.6 is 22.7 Å². The van der Waals surface area contributed by atoms with E-state index in [4.69, 9.17) is 0 Å². The second-order valence-electron chi connectivity index (χ2n) is 4.41. The van der Waals surface area contributed by atoms with E-state index in [0.29, 0.717) is 18.7 Å². The lowest BCUT2D eigenvalue weighted by Crippen LogP contribution is -2.29. The summed E-state index contributed by atoms with van der Waals surface area (Å²) in [5.41, 5.74) is 1.53. The van der Waals surface area contributed by atoms with Gasteiger partial charge in [0, 0.05) is 29.9 Å². The Hall–Kier alpha value is -1.24. The molecule has 1 amide bonds. The molecule has 1 atom stereocenters. The van der Waals surface area contributed by atoms with E-state index in [9.17, 15) is 9.90 Å². The number of aliphatic hydroxyl groups excluding tert-OH is 1. The van der Waals surface area contributed by atoms with Gasteiger partial charge in [0.05, 0.1) is 6.10 Å². The van der Waals surface area contributed by atoms with Crippen LogP contribution in [0.1, 0.15) is 23.8 Å². The summed E-state index contributed by atoms with van der Waals surface area (Å²) in [4.78, 5) is 18.1. The van der Waals surface area contributed by atoms with Gasteiger partial charge in [-0.25, -0.2) is 4.98 Å². The Balaban J connectivity index is 2.04. The molecule has 1 N–H and O–H groups in total. The zero-order valence-electron chi connectivity index (χ0n) is 10.9. The second-order valence-corrected chi connectivity index (χ2v) is 6.05. The summed E-state index contributed by atoms with van der Waals surface area (Å²) in [5, 5.41) is 15.9. The van der Waals surface area contributed by atoms with Gasteiger partial charge in [0.1, 0.15) is 10.7 Å². The number of aromatic nitrogens is 1. The molecule has 2 aromatic rings. The number of thiophene rings is 1. The highest BCUT2D eigenvalue weighted by molar-refractivity contribution is 7.14. The minimum atomic E-state index is -0.396. The van der Waals surface area contributed by atoms with Crippen molar-refractivity contribution >= 4 is 28.6 Å². The minimum Gasteiger partial charge on any atom is -0.393 e. The molecule has 0 bridgehead atoms. The van der Waals surface area contributed by atoms with Crippen LogP contribution in [0.25, 0.3) is 10.6 Å². The summed E-state index contributed by atoms with van der Waals surface area (Å²) in [6, 6.07) is 1.99. The molecule has 2 aromatic heterocycles. The molecule has 102 valence electrons. The van der Waals surface area contributed by atoms with E-state index >= 15 is 0 Å².